The van der Waals surface area contributed by atoms with E-state index in [1.54, 1.807) is 6.26 Å². The van der Waals surface area contributed by atoms with Gasteiger partial charge in [-0.3, -0.25) is 9.69 Å². The maximum Gasteiger partial charge on any atom is 0.289 e. The number of piperazine rings is 1. The van der Waals surface area contributed by atoms with Gasteiger partial charge >= 0.3 is 0 Å². The van der Waals surface area contributed by atoms with Crippen molar-refractivity contribution in [3.8, 4) is 11.4 Å². The van der Waals surface area contributed by atoms with Crippen LogP contribution in [0.3, 0.4) is 0 Å². The molecule has 1 aliphatic rings. The van der Waals surface area contributed by atoms with Crippen LogP contribution in [0.4, 0.5) is 0 Å². The van der Waals surface area contributed by atoms with E-state index in [0.29, 0.717) is 37.1 Å². The van der Waals surface area contributed by atoms with Crippen molar-refractivity contribution < 1.29 is 13.7 Å². The number of carbonyl (C=O) groups is 1. The molecule has 0 radical (unpaired) electrons. The molecule has 1 aromatic carbocycles. The summed E-state index contributed by atoms with van der Waals surface area (Å²) in [5.41, 5.74) is 2.97. The van der Waals surface area contributed by atoms with Crippen LogP contribution in [-0.4, -0.2) is 52.0 Å². The molecule has 7 heteroatoms. The quantitative estimate of drug-likeness (QED) is 0.707. The predicted octanol–water partition coefficient (Wildman–Crippen LogP) is 2.90. The molecular formula is C20H22N4O3. The van der Waals surface area contributed by atoms with Crippen LogP contribution in [0, 0.1) is 13.8 Å². The van der Waals surface area contributed by atoms with Gasteiger partial charge in [-0.15, -0.1) is 0 Å². The number of hydrogen-bond donors (Lipinski definition) is 0. The van der Waals surface area contributed by atoms with Gasteiger partial charge in [-0.2, -0.15) is 4.98 Å². The molecule has 27 heavy (non-hydrogen) atoms. The fourth-order valence-corrected chi connectivity index (χ4v) is 3.29. The van der Waals surface area contributed by atoms with Crippen molar-refractivity contribution in [2.75, 3.05) is 26.2 Å². The second-order valence-electron chi connectivity index (χ2n) is 6.83. The zero-order chi connectivity index (χ0) is 18.8. The van der Waals surface area contributed by atoms with E-state index in [0.717, 1.165) is 29.8 Å². The Balaban J connectivity index is 1.35. The molecule has 3 aromatic rings. The number of aromatic nitrogens is 2. The van der Waals surface area contributed by atoms with Gasteiger partial charge < -0.3 is 13.8 Å². The summed E-state index contributed by atoms with van der Waals surface area (Å²) in [4.78, 5) is 21.1. The average Bonchev–Trinajstić information content (AvgIpc) is 3.31. The summed E-state index contributed by atoms with van der Waals surface area (Å²) >= 11 is 0. The Hall–Kier alpha value is -2.93. The Labute approximate surface area is 157 Å². The number of benzene rings is 1. The zero-order valence-corrected chi connectivity index (χ0v) is 15.5. The molecule has 2 aromatic heterocycles. The summed E-state index contributed by atoms with van der Waals surface area (Å²) in [6.07, 6.45) is 1.56. The monoisotopic (exact) mass is 366 g/mol. The minimum atomic E-state index is -0.0446. The van der Waals surface area contributed by atoms with Gasteiger partial charge in [0, 0.05) is 37.3 Å². The van der Waals surface area contributed by atoms with Crippen LogP contribution in [0.15, 0.2) is 45.5 Å². The minimum Gasteiger partial charge on any atom is -0.459 e. The van der Waals surface area contributed by atoms with Crippen molar-refractivity contribution in [3.63, 3.8) is 0 Å². The van der Waals surface area contributed by atoms with Crippen LogP contribution in [0.1, 0.15) is 27.6 Å². The zero-order valence-electron chi connectivity index (χ0n) is 15.5. The maximum atomic E-state index is 12.5. The van der Waals surface area contributed by atoms with Crippen LogP contribution >= 0.6 is 0 Å². The van der Waals surface area contributed by atoms with Crippen molar-refractivity contribution in [3.05, 3.63) is 59.4 Å². The third-order valence-electron chi connectivity index (χ3n) is 4.93. The summed E-state index contributed by atoms with van der Waals surface area (Å²) in [6, 6.07) is 9.79. The molecule has 4 rings (SSSR count). The lowest BCUT2D eigenvalue weighted by atomic mass is 10.1. The number of amides is 1. The van der Waals surface area contributed by atoms with Gasteiger partial charge in [0.05, 0.1) is 12.8 Å². The molecule has 3 heterocycles. The van der Waals surface area contributed by atoms with Gasteiger partial charge in [0.15, 0.2) is 5.76 Å². The Morgan fingerprint density at radius 3 is 2.56 bits per heavy atom. The predicted molar refractivity (Wildman–Crippen MR) is 99.1 cm³/mol. The lowest BCUT2D eigenvalue weighted by Crippen LogP contribution is -2.48. The van der Waals surface area contributed by atoms with Crippen molar-refractivity contribution >= 4 is 5.91 Å². The van der Waals surface area contributed by atoms with Crippen molar-refractivity contribution in [2.45, 2.75) is 20.4 Å². The largest absolute Gasteiger partial charge is 0.459 e. The van der Waals surface area contributed by atoms with Gasteiger partial charge in [0.1, 0.15) is 0 Å². The van der Waals surface area contributed by atoms with Crippen LogP contribution in [-0.2, 0) is 6.54 Å². The lowest BCUT2D eigenvalue weighted by Gasteiger charge is -2.33. The van der Waals surface area contributed by atoms with Crippen LogP contribution < -0.4 is 0 Å². The van der Waals surface area contributed by atoms with Gasteiger partial charge in [0.25, 0.3) is 5.91 Å². The van der Waals surface area contributed by atoms with Crippen LogP contribution in [0.5, 0.6) is 0 Å². The summed E-state index contributed by atoms with van der Waals surface area (Å²) in [6.45, 7) is 7.31. The van der Waals surface area contributed by atoms with Gasteiger partial charge in [-0.25, -0.2) is 0 Å². The standard InChI is InChI=1S/C20H22N4O3/c1-14-5-3-4-6-16(14)19-21-17(27-22-19)13-23-8-10-24(11-9-23)20(25)18-15(2)7-12-26-18/h3-7,12H,8-11,13H2,1-2H3. The molecule has 1 saturated heterocycles. The van der Waals surface area contributed by atoms with E-state index in [4.69, 9.17) is 8.94 Å². The van der Waals surface area contributed by atoms with E-state index in [9.17, 15) is 4.79 Å². The lowest BCUT2D eigenvalue weighted by molar-refractivity contribution is 0.0584. The average molecular weight is 366 g/mol. The highest BCUT2D eigenvalue weighted by atomic mass is 16.5. The Kier molecular flexibility index (Phi) is 4.77. The molecular weight excluding hydrogens is 344 g/mol. The van der Waals surface area contributed by atoms with Crippen LogP contribution in [0.25, 0.3) is 11.4 Å². The highest BCUT2D eigenvalue weighted by Gasteiger charge is 2.26. The number of nitrogens with zero attached hydrogens (tertiary/aromatic N) is 4. The van der Waals surface area contributed by atoms with E-state index in [2.05, 4.69) is 15.0 Å². The SMILES string of the molecule is Cc1ccccc1-c1noc(CN2CCN(C(=O)c3occc3C)CC2)n1. The fraction of sp³-hybridized carbons (Fsp3) is 0.350. The highest BCUT2D eigenvalue weighted by Crippen LogP contribution is 2.20. The Morgan fingerprint density at radius 2 is 1.85 bits per heavy atom. The molecule has 0 atom stereocenters. The first-order valence-corrected chi connectivity index (χ1v) is 9.06. The number of aryl methyl sites for hydroxylation is 2. The van der Waals surface area contributed by atoms with E-state index < -0.39 is 0 Å². The van der Waals surface area contributed by atoms with Crippen molar-refractivity contribution in [1.82, 2.24) is 19.9 Å². The maximum absolute atomic E-state index is 12.5. The van der Waals surface area contributed by atoms with Gasteiger partial charge in [-0.1, -0.05) is 29.4 Å². The summed E-state index contributed by atoms with van der Waals surface area (Å²) in [7, 11) is 0. The second kappa shape index (κ2) is 7.36. The molecule has 0 aliphatic carbocycles. The summed E-state index contributed by atoms with van der Waals surface area (Å²) in [5, 5.41) is 4.11. The summed E-state index contributed by atoms with van der Waals surface area (Å²) in [5.74, 6) is 1.60. The summed E-state index contributed by atoms with van der Waals surface area (Å²) < 4.78 is 10.7. The second-order valence-corrected chi connectivity index (χ2v) is 6.83. The number of furan rings is 1. The Morgan fingerprint density at radius 1 is 1.07 bits per heavy atom. The smallest absolute Gasteiger partial charge is 0.289 e. The van der Waals surface area contributed by atoms with E-state index >= 15 is 0 Å². The highest BCUT2D eigenvalue weighted by molar-refractivity contribution is 5.92. The molecule has 1 aliphatic heterocycles. The molecule has 0 bridgehead atoms. The van der Waals surface area contributed by atoms with E-state index in [1.807, 2.05) is 49.1 Å². The van der Waals surface area contributed by atoms with Crippen LogP contribution in [0.2, 0.25) is 0 Å². The third kappa shape index (κ3) is 3.64. The van der Waals surface area contributed by atoms with E-state index in [-0.39, 0.29) is 5.91 Å². The first-order chi connectivity index (χ1) is 13.1. The number of rotatable bonds is 4. The van der Waals surface area contributed by atoms with Gasteiger partial charge in [0.2, 0.25) is 11.7 Å². The van der Waals surface area contributed by atoms with Crippen molar-refractivity contribution in [2.24, 2.45) is 0 Å². The molecule has 1 fully saturated rings. The molecule has 0 unspecified atom stereocenters. The third-order valence-corrected chi connectivity index (χ3v) is 4.93. The topological polar surface area (TPSA) is 75.6 Å². The fourth-order valence-electron chi connectivity index (χ4n) is 3.29. The normalized spacial score (nSPS) is 15.3. The van der Waals surface area contributed by atoms with Crippen molar-refractivity contribution in [1.29, 1.82) is 0 Å². The Bertz CT molecular complexity index is 938. The first kappa shape index (κ1) is 17.5. The molecule has 140 valence electrons. The molecule has 0 saturated carbocycles. The minimum absolute atomic E-state index is 0.0446. The molecule has 7 nitrogen and oxygen atoms in total. The van der Waals surface area contributed by atoms with E-state index in [1.165, 1.54) is 0 Å². The van der Waals surface area contributed by atoms with Gasteiger partial charge in [-0.05, 0) is 25.5 Å². The number of hydrogen-bond acceptors (Lipinski definition) is 6. The molecule has 0 N–H and O–H groups in total. The first-order valence-electron chi connectivity index (χ1n) is 9.06. The number of carbonyl (C=O) groups excluding carboxylic acids is 1. The molecule has 1 amide bonds. The molecule has 0 spiro atoms.